The van der Waals surface area contributed by atoms with E-state index in [1.807, 2.05) is 44.2 Å². The lowest BCUT2D eigenvalue weighted by Gasteiger charge is -2.28. The van der Waals surface area contributed by atoms with E-state index in [2.05, 4.69) is 5.16 Å². The van der Waals surface area contributed by atoms with Gasteiger partial charge in [-0.1, -0.05) is 49.3 Å². The number of hydrogen-bond donors (Lipinski definition) is 1. The van der Waals surface area contributed by atoms with Crippen LogP contribution in [0.25, 0.3) is 11.3 Å². The maximum absolute atomic E-state index is 13.1. The Bertz CT molecular complexity index is 797. The van der Waals surface area contributed by atoms with Gasteiger partial charge in [-0.05, 0) is 19.3 Å². The summed E-state index contributed by atoms with van der Waals surface area (Å²) in [4.78, 5) is 26.5. The number of carboxylic acid groups (broad SMARTS) is 1. The molecule has 6 heteroatoms. The fourth-order valence-electron chi connectivity index (χ4n) is 3.47. The highest BCUT2D eigenvalue weighted by Gasteiger charge is 2.49. The lowest BCUT2D eigenvalue weighted by Crippen LogP contribution is -2.40. The summed E-state index contributed by atoms with van der Waals surface area (Å²) in [6.07, 6.45) is 0.455. The molecular weight excluding hydrogens is 320 g/mol. The van der Waals surface area contributed by atoms with Crippen molar-refractivity contribution in [2.24, 2.45) is 11.3 Å². The van der Waals surface area contributed by atoms with Crippen molar-refractivity contribution in [1.29, 1.82) is 0 Å². The smallest absolute Gasteiger partial charge is 0.311 e. The summed E-state index contributed by atoms with van der Waals surface area (Å²) in [5, 5.41) is 13.7. The second-order valence-corrected chi connectivity index (χ2v) is 6.92. The first-order valence-electron chi connectivity index (χ1n) is 8.41. The van der Waals surface area contributed by atoms with Gasteiger partial charge in [0.25, 0.3) is 5.91 Å². The Morgan fingerprint density at radius 3 is 2.52 bits per heavy atom. The summed E-state index contributed by atoms with van der Waals surface area (Å²) >= 11 is 0. The largest absolute Gasteiger partial charge is 0.481 e. The fraction of sp³-hybridized carbons (Fsp3) is 0.421. The van der Waals surface area contributed by atoms with E-state index in [1.165, 1.54) is 0 Å². The van der Waals surface area contributed by atoms with Gasteiger partial charge in [0.1, 0.15) is 17.0 Å². The van der Waals surface area contributed by atoms with E-state index in [9.17, 15) is 14.7 Å². The summed E-state index contributed by atoms with van der Waals surface area (Å²) in [5.41, 5.74) is 0.819. The molecule has 0 radical (unpaired) electrons. The van der Waals surface area contributed by atoms with E-state index < -0.39 is 11.4 Å². The van der Waals surface area contributed by atoms with Crippen molar-refractivity contribution in [3.63, 3.8) is 0 Å². The Labute approximate surface area is 146 Å². The molecule has 0 bridgehead atoms. The monoisotopic (exact) mass is 342 g/mol. The lowest BCUT2D eigenvalue weighted by molar-refractivity contribution is -0.150. The van der Waals surface area contributed by atoms with Gasteiger partial charge in [-0.15, -0.1) is 0 Å². The standard InChI is InChI=1S/C19H22N2O4/c1-12(2)19(18(23)24)9-10-21(11-19)17(22)15-13(3)25-20-16(15)14-7-5-4-6-8-14/h4-8,12H,9-11H2,1-3H3,(H,23,24). The van der Waals surface area contributed by atoms with Crippen LogP contribution in [0.2, 0.25) is 0 Å². The third kappa shape index (κ3) is 2.81. The molecule has 1 aromatic heterocycles. The number of aryl methyl sites for hydroxylation is 1. The molecule has 0 saturated carbocycles. The van der Waals surface area contributed by atoms with Crippen LogP contribution in [0.3, 0.4) is 0 Å². The third-order valence-corrected chi connectivity index (χ3v) is 5.24. The predicted octanol–water partition coefficient (Wildman–Crippen LogP) is 3.22. The Morgan fingerprint density at radius 1 is 1.28 bits per heavy atom. The molecule has 2 heterocycles. The highest BCUT2D eigenvalue weighted by molar-refractivity contribution is 6.01. The maximum atomic E-state index is 13.1. The zero-order valence-corrected chi connectivity index (χ0v) is 14.7. The van der Waals surface area contributed by atoms with E-state index in [0.29, 0.717) is 30.0 Å². The average Bonchev–Trinajstić information content (AvgIpc) is 3.20. The van der Waals surface area contributed by atoms with Crippen LogP contribution in [0, 0.1) is 18.3 Å². The minimum atomic E-state index is -0.895. The van der Waals surface area contributed by atoms with Gasteiger partial charge in [0.05, 0.1) is 5.41 Å². The highest BCUT2D eigenvalue weighted by atomic mass is 16.5. The van der Waals surface area contributed by atoms with Crippen LogP contribution >= 0.6 is 0 Å². The summed E-state index contributed by atoms with van der Waals surface area (Å²) in [7, 11) is 0. The molecule has 1 atom stereocenters. The van der Waals surface area contributed by atoms with Crippen molar-refractivity contribution in [3.8, 4) is 11.3 Å². The second kappa shape index (κ2) is 6.35. The van der Waals surface area contributed by atoms with Gasteiger partial charge >= 0.3 is 5.97 Å². The van der Waals surface area contributed by atoms with E-state index >= 15 is 0 Å². The lowest BCUT2D eigenvalue weighted by atomic mass is 9.76. The number of likely N-dealkylation sites (tertiary alicyclic amines) is 1. The van der Waals surface area contributed by atoms with Gasteiger partial charge < -0.3 is 14.5 Å². The Hall–Kier alpha value is -2.63. The first kappa shape index (κ1) is 17.2. The van der Waals surface area contributed by atoms with Crippen LogP contribution in [0.5, 0.6) is 0 Å². The van der Waals surface area contributed by atoms with Crippen LogP contribution in [-0.2, 0) is 4.79 Å². The Morgan fingerprint density at radius 2 is 1.96 bits per heavy atom. The molecule has 1 saturated heterocycles. The molecule has 0 spiro atoms. The van der Waals surface area contributed by atoms with Gasteiger partial charge in [-0.25, -0.2) is 0 Å². The van der Waals surface area contributed by atoms with Gasteiger partial charge in [0.2, 0.25) is 0 Å². The first-order valence-corrected chi connectivity index (χ1v) is 8.41. The Kier molecular flexibility index (Phi) is 4.37. The molecule has 6 nitrogen and oxygen atoms in total. The number of carbonyl (C=O) groups is 2. The van der Waals surface area contributed by atoms with Crippen molar-refractivity contribution < 1.29 is 19.2 Å². The number of rotatable bonds is 4. The highest BCUT2D eigenvalue weighted by Crippen LogP contribution is 2.39. The quantitative estimate of drug-likeness (QED) is 0.922. The number of nitrogens with zero attached hydrogens (tertiary/aromatic N) is 2. The minimum absolute atomic E-state index is 0.0556. The van der Waals surface area contributed by atoms with Crippen LogP contribution in [0.1, 0.15) is 36.4 Å². The maximum Gasteiger partial charge on any atom is 0.311 e. The molecule has 3 rings (SSSR count). The van der Waals surface area contributed by atoms with Crippen LogP contribution in [0.4, 0.5) is 0 Å². The molecular formula is C19H22N2O4. The molecule has 1 N–H and O–H groups in total. The van der Waals surface area contributed by atoms with Crippen molar-refractivity contribution >= 4 is 11.9 Å². The van der Waals surface area contributed by atoms with E-state index in [4.69, 9.17) is 4.52 Å². The zero-order valence-electron chi connectivity index (χ0n) is 14.7. The number of aliphatic carboxylic acids is 1. The van der Waals surface area contributed by atoms with E-state index in [1.54, 1.807) is 11.8 Å². The topological polar surface area (TPSA) is 83.6 Å². The molecule has 132 valence electrons. The molecule has 2 aromatic rings. The molecule has 1 aromatic carbocycles. The predicted molar refractivity (Wildman–Crippen MR) is 92.1 cm³/mol. The molecule has 1 aliphatic rings. The summed E-state index contributed by atoms with van der Waals surface area (Å²) in [6, 6.07) is 9.37. The average molecular weight is 342 g/mol. The number of benzene rings is 1. The molecule has 1 fully saturated rings. The number of carboxylic acids is 1. The van der Waals surface area contributed by atoms with Gasteiger partial charge in [0, 0.05) is 18.7 Å². The first-order chi connectivity index (χ1) is 11.9. The number of carbonyl (C=O) groups excluding carboxylic acids is 1. The number of hydrogen-bond acceptors (Lipinski definition) is 4. The number of aromatic nitrogens is 1. The fourth-order valence-corrected chi connectivity index (χ4v) is 3.47. The SMILES string of the molecule is Cc1onc(-c2ccccc2)c1C(=O)N1CCC(C(=O)O)(C(C)C)C1. The van der Waals surface area contributed by atoms with E-state index in [-0.39, 0.29) is 18.4 Å². The van der Waals surface area contributed by atoms with Crippen LogP contribution in [0.15, 0.2) is 34.9 Å². The summed E-state index contributed by atoms with van der Waals surface area (Å²) < 4.78 is 5.26. The molecule has 1 unspecified atom stereocenters. The molecule has 1 aliphatic heterocycles. The zero-order chi connectivity index (χ0) is 18.2. The van der Waals surface area contributed by atoms with Crippen molar-refractivity contribution in [2.45, 2.75) is 27.2 Å². The van der Waals surface area contributed by atoms with Crippen molar-refractivity contribution in [1.82, 2.24) is 10.1 Å². The third-order valence-electron chi connectivity index (χ3n) is 5.24. The molecule has 25 heavy (non-hydrogen) atoms. The molecule has 1 amide bonds. The van der Waals surface area contributed by atoms with Crippen molar-refractivity contribution in [2.75, 3.05) is 13.1 Å². The van der Waals surface area contributed by atoms with Gasteiger partial charge in [-0.3, -0.25) is 9.59 Å². The summed E-state index contributed by atoms with van der Waals surface area (Å²) in [5.74, 6) is -0.675. The second-order valence-electron chi connectivity index (χ2n) is 6.92. The van der Waals surface area contributed by atoms with E-state index in [0.717, 1.165) is 5.56 Å². The van der Waals surface area contributed by atoms with Crippen LogP contribution in [-0.4, -0.2) is 40.1 Å². The number of amides is 1. The Balaban J connectivity index is 1.93. The minimum Gasteiger partial charge on any atom is -0.481 e. The molecule has 0 aliphatic carbocycles. The summed E-state index contributed by atoms with van der Waals surface area (Å²) in [6.45, 7) is 6.11. The van der Waals surface area contributed by atoms with Crippen LogP contribution < -0.4 is 0 Å². The van der Waals surface area contributed by atoms with Gasteiger partial charge in [0.15, 0.2) is 0 Å². The normalized spacial score (nSPS) is 20.2. The van der Waals surface area contributed by atoms with Crippen molar-refractivity contribution in [3.05, 3.63) is 41.7 Å². The van der Waals surface area contributed by atoms with Gasteiger partial charge in [-0.2, -0.15) is 0 Å².